The first kappa shape index (κ1) is 12.9. The van der Waals surface area contributed by atoms with Crippen molar-refractivity contribution in [1.29, 1.82) is 0 Å². The van der Waals surface area contributed by atoms with Crippen LogP contribution in [0.1, 0.15) is 24.4 Å². The van der Waals surface area contributed by atoms with Gasteiger partial charge in [-0.05, 0) is 24.3 Å². The fraction of sp³-hybridized carbons (Fsp3) is 0.375. The second-order valence-corrected chi connectivity index (χ2v) is 5.41. The van der Waals surface area contributed by atoms with Crippen LogP contribution in [0.5, 0.6) is 0 Å². The molecule has 2 amide bonds. The molecule has 1 saturated carbocycles. The van der Waals surface area contributed by atoms with E-state index in [4.69, 9.17) is 0 Å². The lowest BCUT2D eigenvalue weighted by atomic mass is 9.98. The highest BCUT2D eigenvalue weighted by atomic mass is 16.2. The van der Waals surface area contributed by atoms with Gasteiger partial charge in [-0.2, -0.15) is 0 Å². The zero-order chi connectivity index (χ0) is 14.1. The van der Waals surface area contributed by atoms with Crippen molar-refractivity contribution >= 4 is 11.8 Å². The lowest BCUT2D eigenvalue weighted by Gasteiger charge is -2.38. The van der Waals surface area contributed by atoms with E-state index in [9.17, 15) is 9.59 Å². The van der Waals surface area contributed by atoms with Crippen molar-refractivity contribution in [3.63, 3.8) is 0 Å². The number of rotatable bonds is 4. The number of carbonyl (C=O) groups is 2. The fourth-order valence-electron chi connectivity index (χ4n) is 2.83. The van der Waals surface area contributed by atoms with Crippen molar-refractivity contribution in [2.45, 2.75) is 24.9 Å². The Bertz CT molecular complexity index is 537. The second kappa shape index (κ2) is 5.12. The Balaban J connectivity index is 1.90. The highest BCUT2D eigenvalue weighted by Gasteiger charge is 2.47. The Morgan fingerprint density at radius 2 is 1.95 bits per heavy atom. The third kappa shape index (κ3) is 2.22. The minimum atomic E-state index is -0.571. The third-order valence-electron chi connectivity index (χ3n) is 3.95. The van der Waals surface area contributed by atoms with Gasteiger partial charge in [-0.1, -0.05) is 36.4 Å². The molecule has 0 bridgehead atoms. The van der Waals surface area contributed by atoms with Gasteiger partial charge >= 0.3 is 0 Å². The molecule has 2 atom stereocenters. The summed E-state index contributed by atoms with van der Waals surface area (Å²) < 4.78 is 0. The van der Waals surface area contributed by atoms with Gasteiger partial charge in [-0.3, -0.25) is 9.59 Å². The van der Waals surface area contributed by atoms with E-state index in [-0.39, 0.29) is 17.9 Å². The summed E-state index contributed by atoms with van der Waals surface area (Å²) in [4.78, 5) is 26.7. The van der Waals surface area contributed by atoms with E-state index in [0.717, 1.165) is 18.4 Å². The van der Waals surface area contributed by atoms with Crippen LogP contribution in [0.15, 0.2) is 43.0 Å². The summed E-state index contributed by atoms with van der Waals surface area (Å²) in [5.74, 6) is 0.242. The van der Waals surface area contributed by atoms with Gasteiger partial charge in [0.05, 0.1) is 0 Å². The summed E-state index contributed by atoms with van der Waals surface area (Å²) in [5.41, 5.74) is 0.828. The van der Waals surface area contributed by atoms with Gasteiger partial charge in [0.2, 0.25) is 5.91 Å². The Morgan fingerprint density at radius 1 is 1.25 bits per heavy atom. The summed E-state index contributed by atoms with van der Waals surface area (Å²) in [6.45, 7) is 4.13. The highest BCUT2D eigenvalue weighted by Crippen LogP contribution is 2.38. The molecule has 1 aromatic carbocycles. The van der Waals surface area contributed by atoms with Crippen LogP contribution >= 0.6 is 0 Å². The number of piperazine rings is 1. The summed E-state index contributed by atoms with van der Waals surface area (Å²) in [5, 5.41) is 2.88. The van der Waals surface area contributed by atoms with Gasteiger partial charge in [-0.15, -0.1) is 6.58 Å². The SMILES string of the molecule is C=CCN1C(=O)C(c2ccccc2)NC(=O)C1C1CC1. The van der Waals surface area contributed by atoms with E-state index in [2.05, 4.69) is 11.9 Å². The average molecular weight is 270 g/mol. The Morgan fingerprint density at radius 3 is 2.55 bits per heavy atom. The Labute approximate surface area is 118 Å². The number of nitrogens with one attached hydrogen (secondary N) is 1. The van der Waals surface area contributed by atoms with Crippen molar-refractivity contribution in [3.8, 4) is 0 Å². The van der Waals surface area contributed by atoms with Crippen LogP contribution in [0.4, 0.5) is 0 Å². The molecule has 104 valence electrons. The average Bonchev–Trinajstić information content (AvgIpc) is 3.28. The molecule has 1 aliphatic carbocycles. The van der Waals surface area contributed by atoms with Gasteiger partial charge in [0.15, 0.2) is 0 Å². The molecule has 20 heavy (non-hydrogen) atoms. The van der Waals surface area contributed by atoms with Crippen LogP contribution in [-0.2, 0) is 9.59 Å². The molecule has 1 saturated heterocycles. The summed E-state index contributed by atoms with van der Waals surface area (Å²) in [7, 11) is 0. The van der Waals surface area contributed by atoms with E-state index >= 15 is 0 Å². The number of carbonyl (C=O) groups excluding carboxylic acids is 2. The van der Waals surface area contributed by atoms with Crippen molar-refractivity contribution in [2.75, 3.05) is 6.54 Å². The van der Waals surface area contributed by atoms with Gasteiger partial charge in [0, 0.05) is 6.54 Å². The maximum Gasteiger partial charge on any atom is 0.250 e. The van der Waals surface area contributed by atoms with E-state index in [1.807, 2.05) is 30.3 Å². The molecule has 2 unspecified atom stereocenters. The van der Waals surface area contributed by atoms with Crippen LogP contribution in [-0.4, -0.2) is 29.3 Å². The number of nitrogens with zero attached hydrogens (tertiary/aromatic N) is 1. The second-order valence-electron chi connectivity index (χ2n) is 5.41. The van der Waals surface area contributed by atoms with Crippen molar-refractivity contribution in [1.82, 2.24) is 10.2 Å². The molecule has 2 fully saturated rings. The largest absolute Gasteiger partial charge is 0.339 e. The number of hydrogen-bond donors (Lipinski definition) is 1. The standard InChI is InChI=1S/C16H18N2O2/c1-2-10-18-14(12-8-9-12)15(19)17-13(16(18)20)11-6-4-3-5-7-11/h2-7,12-14H,1,8-10H2,(H,17,19). The lowest BCUT2D eigenvalue weighted by molar-refractivity contribution is -0.149. The van der Waals surface area contributed by atoms with Crippen LogP contribution < -0.4 is 5.32 Å². The first-order valence-corrected chi connectivity index (χ1v) is 6.99. The number of amides is 2. The fourth-order valence-corrected chi connectivity index (χ4v) is 2.83. The van der Waals surface area contributed by atoms with Gasteiger partial charge in [-0.25, -0.2) is 0 Å². The van der Waals surface area contributed by atoms with Crippen molar-refractivity contribution < 1.29 is 9.59 Å². The molecule has 2 aliphatic rings. The monoisotopic (exact) mass is 270 g/mol. The van der Waals surface area contributed by atoms with E-state index in [0.29, 0.717) is 12.5 Å². The first-order valence-electron chi connectivity index (χ1n) is 6.99. The first-order chi connectivity index (χ1) is 9.72. The molecule has 1 N–H and O–H groups in total. The molecule has 3 rings (SSSR count). The van der Waals surface area contributed by atoms with E-state index in [1.54, 1.807) is 11.0 Å². The van der Waals surface area contributed by atoms with E-state index in [1.165, 1.54) is 0 Å². The van der Waals surface area contributed by atoms with Gasteiger partial charge in [0.25, 0.3) is 5.91 Å². The maximum atomic E-state index is 12.7. The predicted molar refractivity (Wildman–Crippen MR) is 75.7 cm³/mol. The summed E-state index contributed by atoms with van der Waals surface area (Å²) >= 11 is 0. The van der Waals surface area contributed by atoms with Crippen LogP contribution in [0.2, 0.25) is 0 Å². The molecule has 4 nitrogen and oxygen atoms in total. The molecular weight excluding hydrogens is 252 g/mol. The van der Waals surface area contributed by atoms with Crippen molar-refractivity contribution in [3.05, 3.63) is 48.6 Å². The Kier molecular flexibility index (Phi) is 3.30. The third-order valence-corrected chi connectivity index (χ3v) is 3.95. The topological polar surface area (TPSA) is 49.4 Å². The quantitative estimate of drug-likeness (QED) is 0.846. The van der Waals surface area contributed by atoms with Crippen LogP contribution in [0, 0.1) is 5.92 Å². The summed E-state index contributed by atoms with van der Waals surface area (Å²) in [6.07, 6.45) is 3.73. The molecule has 1 heterocycles. The highest BCUT2D eigenvalue weighted by molar-refractivity contribution is 5.98. The van der Waals surface area contributed by atoms with E-state index < -0.39 is 6.04 Å². The molecule has 0 spiro atoms. The Hall–Kier alpha value is -2.10. The molecule has 1 aliphatic heterocycles. The lowest BCUT2D eigenvalue weighted by Crippen LogP contribution is -2.60. The van der Waals surface area contributed by atoms with Crippen molar-refractivity contribution in [2.24, 2.45) is 5.92 Å². The number of hydrogen-bond acceptors (Lipinski definition) is 2. The predicted octanol–water partition coefficient (Wildman–Crippen LogP) is 1.65. The minimum Gasteiger partial charge on any atom is -0.339 e. The zero-order valence-electron chi connectivity index (χ0n) is 11.3. The molecular formula is C16H18N2O2. The smallest absolute Gasteiger partial charge is 0.250 e. The molecule has 0 aromatic heterocycles. The normalized spacial score (nSPS) is 26.3. The zero-order valence-corrected chi connectivity index (χ0v) is 11.3. The number of benzene rings is 1. The van der Waals surface area contributed by atoms with Gasteiger partial charge in [0.1, 0.15) is 12.1 Å². The molecule has 1 aromatic rings. The maximum absolute atomic E-state index is 12.7. The molecule has 0 radical (unpaired) electrons. The van der Waals surface area contributed by atoms with Crippen LogP contribution in [0.3, 0.4) is 0 Å². The van der Waals surface area contributed by atoms with Gasteiger partial charge < -0.3 is 10.2 Å². The molecule has 4 heteroatoms. The minimum absolute atomic E-state index is 0.0346. The summed E-state index contributed by atoms with van der Waals surface area (Å²) in [6, 6.07) is 8.49. The van der Waals surface area contributed by atoms with Crippen LogP contribution in [0.25, 0.3) is 0 Å².